The molecule has 2 aromatic carbocycles. The lowest BCUT2D eigenvalue weighted by Gasteiger charge is -1.94. The van der Waals surface area contributed by atoms with Crippen LogP contribution in [0.5, 0.6) is 0 Å². The third-order valence-electron chi connectivity index (χ3n) is 3.87. The van der Waals surface area contributed by atoms with E-state index in [1.807, 2.05) is 32.0 Å². The summed E-state index contributed by atoms with van der Waals surface area (Å²) >= 11 is 1.56. The predicted octanol–water partition coefficient (Wildman–Crippen LogP) is 5.47. The van der Waals surface area contributed by atoms with Gasteiger partial charge in [0.25, 0.3) is 0 Å². The highest BCUT2D eigenvalue weighted by atomic mass is 32.1. The quantitative estimate of drug-likeness (QED) is 0.391. The van der Waals surface area contributed by atoms with Crippen LogP contribution < -0.4 is 5.43 Å². The molecule has 0 aliphatic carbocycles. The van der Waals surface area contributed by atoms with Crippen molar-refractivity contribution in [2.24, 2.45) is 5.10 Å². The lowest BCUT2D eigenvalue weighted by Crippen LogP contribution is -1.91. The van der Waals surface area contributed by atoms with E-state index in [4.69, 9.17) is 4.42 Å². The van der Waals surface area contributed by atoms with Crippen molar-refractivity contribution in [3.8, 4) is 11.5 Å². The van der Waals surface area contributed by atoms with E-state index in [0.29, 0.717) is 5.89 Å². The van der Waals surface area contributed by atoms with Crippen LogP contribution in [0.1, 0.15) is 26.3 Å². The summed E-state index contributed by atoms with van der Waals surface area (Å²) in [7, 11) is 0. The molecule has 0 atom stereocenters. The Morgan fingerprint density at radius 2 is 2.00 bits per heavy atom. The molecular weight excluding hydrogens is 332 g/mol. The van der Waals surface area contributed by atoms with Crippen LogP contribution in [-0.2, 0) is 6.42 Å². The van der Waals surface area contributed by atoms with E-state index in [-0.39, 0.29) is 0 Å². The summed E-state index contributed by atoms with van der Waals surface area (Å²) < 4.78 is 6.99. The van der Waals surface area contributed by atoms with Gasteiger partial charge in [0, 0.05) is 11.3 Å². The topological polar surface area (TPSA) is 63.3 Å². The van der Waals surface area contributed by atoms with Crippen molar-refractivity contribution in [1.29, 1.82) is 0 Å². The number of nitrogens with one attached hydrogen (secondary N) is 1. The smallest absolute Gasteiger partial charge is 0.227 e. The van der Waals surface area contributed by atoms with E-state index in [1.54, 1.807) is 11.3 Å². The molecule has 0 bridgehead atoms. The Balaban J connectivity index is 1.72. The van der Waals surface area contributed by atoms with Crippen molar-refractivity contribution >= 4 is 43.5 Å². The van der Waals surface area contributed by atoms with Crippen LogP contribution in [0.15, 0.2) is 45.9 Å². The SMILES string of the molecule is CCc1ccc2oc(-c3ccc4nc(NN=C(C)C)sc4c3)nc2c1. The second-order valence-electron chi connectivity index (χ2n) is 6.05. The van der Waals surface area contributed by atoms with Crippen LogP contribution in [0.4, 0.5) is 5.13 Å². The standard InChI is InChI=1S/C19H18N4OS/c1-4-12-5-8-16-15(9-12)20-18(24-16)13-6-7-14-17(10-13)25-19(21-14)23-22-11(2)3/h5-10H,4H2,1-3H3,(H,21,23). The number of oxazole rings is 1. The Labute approximate surface area is 149 Å². The molecule has 0 amide bonds. The molecular formula is C19H18N4OS. The van der Waals surface area contributed by atoms with Crippen molar-refractivity contribution < 1.29 is 4.42 Å². The summed E-state index contributed by atoms with van der Waals surface area (Å²) in [6, 6.07) is 12.2. The van der Waals surface area contributed by atoms with Gasteiger partial charge in [-0.05, 0) is 56.2 Å². The molecule has 0 aliphatic rings. The summed E-state index contributed by atoms with van der Waals surface area (Å²) in [6.07, 6.45) is 0.987. The van der Waals surface area contributed by atoms with E-state index < -0.39 is 0 Å². The maximum absolute atomic E-state index is 5.92. The Bertz CT molecular complexity index is 1090. The molecule has 4 rings (SSSR count). The highest BCUT2D eigenvalue weighted by Gasteiger charge is 2.11. The van der Waals surface area contributed by atoms with E-state index in [9.17, 15) is 0 Å². The van der Waals surface area contributed by atoms with Crippen LogP contribution >= 0.6 is 11.3 Å². The van der Waals surface area contributed by atoms with Crippen LogP contribution in [0.3, 0.4) is 0 Å². The fourth-order valence-electron chi connectivity index (χ4n) is 2.58. The first kappa shape index (κ1) is 15.8. The van der Waals surface area contributed by atoms with Crippen molar-refractivity contribution in [3.63, 3.8) is 0 Å². The summed E-state index contributed by atoms with van der Waals surface area (Å²) in [5.41, 5.74) is 8.79. The molecule has 5 nitrogen and oxygen atoms in total. The van der Waals surface area contributed by atoms with E-state index in [0.717, 1.165) is 44.1 Å². The molecule has 2 heterocycles. The Morgan fingerprint density at radius 1 is 1.12 bits per heavy atom. The van der Waals surface area contributed by atoms with Gasteiger partial charge >= 0.3 is 0 Å². The van der Waals surface area contributed by atoms with Crippen LogP contribution in [0.2, 0.25) is 0 Å². The van der Waals surface area contributed by atoms with Gasteiger partial charge in [-0.25, -0.2) is 9.97 Å². The number of aromatic nitrogens is 2. The molecule has 0 unspecified atom stereocenters. The van der Waals surface area contributed by atoms with E-state index in [2.05, 4.69) is 45.6 Å². The minimum atomic E-state index is 0.635. The number of hydrogen-bond donors (Lipinski definition) is 1. The van der Waals surface area contributed by atoms with Gasteiger partial charge in [0.1, 0.15) is 5.52 Å². The number of hydrogen-bond acceptors (Lipinski definition) is 6. The monoisotopic (exact) mass is 350 g/mol. The summed E-state index contributed by atoms with van der Waals surface area (Å²) in [5.74, 6) is 0.635. The third-order valence-corrected chi connectivity index (χ3v) is 4.79. The maximum atomic E-state index is 5.92. The molecule has 0 saturated carbocycles. The van der Waals surface area contributed by atoms with Gasteiger partial charge in [0.2, 0.25) is 11.0 Å². The molecule has 0 radical (unpaired) electrons. The number of nitrogens with zero attached hydrogens (tertiary/aromatic N) is 3. The van der Waals surface area contributed by atoms with Gasteiger partial charge in [0.15, 0.2) is 5.58 Å². The second-order valence-corrected chi connectivity index (χ2v) is 7.08. The number of aryl methyl sites for hydroxylation is 1. The van der Waals surface area contributed by atoms with Gasteiger partial charge in [-0.3, -0.25) is 5.43 Å². The molecule has 0 spiro atoms. The van der Waals surface area contributed by atoms with Gasteiger partial charge < -0.3 is 4.42 Å². The fourth-order valence-corrected chi connectivity index (χ4v) is 3.43. The molecule has 4 aromatic rings. The lowest BCUT2D eigenvalue weighted by atomic mass is 10.1. The molecule has 25 heavy (non-hydrogen) atoms. The van der Waals surface area contributed by atoms with Crippen LogP contribution in [0.25, 0.3) is 32.8 Å². The minimum absolute atomic E-state index is 0.635. The van der Waals surface area contributed by atoms with E-state index in [1.165, 1.54) is 5.56 Å². The van der Waals surface area contributed by atoms with Crippen LogP contribution in [0, 0.1) is 0 Å². The number of benzene rings is 2. The maximum Gasteiger partial charge on any atom is 0.227 e. The minimum Gasteiger partial charge on any atom is -0.436 e. The number of anilines is 1. The average molecular weight is 350 g/mol. The van der Waals surface area contributed by atoms with Gasteiger partial charge in [0.05, 0.1) is 10.2 Å². The van der Waals surface area contributed by atoms with Gasteiger partial charge in [-0.1, -0.05) is 24.3 Å². The number of rotatable bonds is 4. The normalized spacial score (nSPS) is 11.2. The first-order valence-corrected chi connectivity index (χ1v) is 9.01. The molecule has 126 valence electrons. The zero-order chi connectivity index (χ0) is 17.4. The lowest BCUT2D eigenvalue weighted by molar-refractivity contribution is 0.620. The summed E-state index contributed by atoms with van der Waals surface area (Å²) in [5, 5.41) is 4.98. The zero-order valence-electron chi connectivity index (χ0n) is 14.3. The van der Waals surface area contributed by atoms with Crippen molar-refractivity contribution in [3.05, 3.63) is 42.0 Å². The first-order chi connectivity index (χ1) is 12.1. The molecule has 6 heteroatoms. The fraction of sp³-hybridized carbons (Fsp3) is 0.211. The third kappa shape index (κ3) is 3.13. The van der Waals surface area contributed by atoms with Gasteiger partial charge in [-0.2, -0.15) is 5.10 Å². The molecule has 0 fully saturated rings. The molecule has 0 saturated heterocycles. The second kappa shape index (κ2) is 6.29. The van der Waals surface area contributed by atoms with Crippen molar-refractivity contribution in [1.82, 2.24) is 9.97 Å². The summed E-state index contributed by atoms with van der Waals surface area (Å²) in [6.45, 7) is 6.01. The van der Waals surface area contributed by atoms with Crippen molar-refractivity contribution in [2.45, 2.75) is 27.2 Å². The highest BCUT2D eigenvalue weighted by Crippen LogP contribution is 2.31. The zero-order valence-corrected chi connectivity index (χ0v) is 15.1. The highest BCUT2D eigenvalue weighted by molar-refractivity contribution is 7.22. The van der Waals surface area contributed by atoms with Crippen LogP contribution in [-0.4, -0.2) is 15.7 Å². The largest absolute Gasteiger partial charge is 0.436 e. The van der Waals surface area contributed by atoms with Gasteiger partial charge in [-0.15, -0.1) is 0 Å². The predicted molar refractivity (Wildman–Crippen MR) is 104 cm³/mol. The van der Waals surface area contributed by atoms with Crippen molar-refractivity contribution in [2.75, 3.05) is 5.43 Å². The number of thiazole rings is 1. The Kier molecular flexibility index (Phi) is 3.97. The molecule has 2 aromatic heterocycles. The average Bonchev–Trinajstić information content (AvgIpc) is 3.21. The number of hydrazone groups is 1. The Hall–Kier alpha value is -2.73. The molecule has 1 N–H and O–H groups in total. The van der Waals surface area contributed by atoms with E-state index >= 15 is 0 Å². The Morgan fingerprint density at radius 3 is 2.80 bits per heavy atom. The summed E-state index contributed by atoms with van der Waals surface area (Å²) in [4.78, 5) is 9.18. The number of fused-ring (bicyclic) bond motifs is 2. The first-order valence-electron chi connectivity index (χ1n) is 8.19. The molecule has 0 aliphatic heterocycles.